The van der Waals surface area contributed by atoms with Crippen molar-refractivity contribution in [3.05, 3.63) is 95.7 Å². The number of benzene rings is 2. The first-order chi connectivity index (χ1) is 16.7. The number of furan rings is 1. The number of halogens is 1. The molecule has 2 heterocycles. The lowest BCUT2D eigenvalue weighted by Gasteiger charge is -2.37. The Morgan fingerprint density at radius 1 is 0.971 bits per heavy atom. The molecule has 0 bridgehead atoms. The fourth-order valence-corrected chi connectivity index (χ4v) is 5.80. The van der Waals surface area contributed by atoms with Gasteiger partial charge in [0.05, 0.1) is 12.8 Å². The van der Waals surface area contributed by atoms with Gasteiger partial charge < -0.3 is 9.32 Å². The highest BCUT2D eigenvalue weighted by Crippen LogP contribution is 2.36. The molecule has 5 rings (SSSR count). The minimum atomic E-state index is -0.203. The quantitative estimate of drug-likeness (QED) is 0.427. The van der Waals surface area contributed by atoms with Crippen molar-refractivity contribution in [2.24, 2.45) is 5.92 Å². The maximum Gasteiger partial charge on any atom is 0.254 e. The summed E-state index contributed by atoms with van der Waals surface area (Å²) in [6, 6.07) is 20.8. The lowest BCUT2D eigenvalue weighted by atomic mass is 9.86. The van der Waals surface area contributed by atoms with E-state index in [-0.39, 0.29) is 29.6 Å². The van der Waals surface area contributed by atoms with Gasteiger partial charge in [-0.25, -0.2) is 4.39 Å². The molecular formula is C29H33FN2O2. The van der Waals surface area contributed by atoms with E-state index in [1.165, 1.54) is 25.3 Å². The maximum absolute atomic E-state index is 14.2. The van der Waals surface area contributed by atoms with Crippen LogP contribution in [0.2, 0.25) is 0 Å². The Kier molecular flexibility index (Phi) is 7.10. The summed E-state index contributed by atoms with van der Waals surface area (Å²) < 4.78 is 19.8. The predicted molar refractivity (Wildman–Crippen MR) is 131 cm³/mol. The van der Waals surface area contributed by atoms with Crippen LogP contribution in [-0.2, 0) is 6.54 Å². The molecule has 2 aromatic carbocycles. The molecule has 4 nitrogen and oxygen atoms in total. The Morgan fingerprint density at radius 3 is 2.53 bits per heavy atom. The van der Waals surface area contributed by atoms with E-state index in [0.717, 1.165) is 49.4 Å². The smallest absolute Gasteiger partial charge is 0.254 e. The summed E-state index contributed by atoms with van der Waals surface area (Å²) in [5.74, 6) is 1.25. The van der Waals surface area contributed by atoms with Gasteiger partial charge in [-0.1, -0.05) is 49.6 Å². The largest absolute Gasteiger partial charge is 0.468 e. The van der Waals surface area contributed by atoms with Crippen molar-refractivity contribution in [3.8, 4) is 0 Å². The van der Waals surface area contributed by atoms with Crippen LogP contribution in [0.5, 0.6) is 0 Å². The summed E-state index contributed by atoms with van der Waals surface area (Å²) >= 11 is 0. The third-order valence-corrected chi connectivity index (χ3v) is 7.48. The summed E-state index contributed by atoms with van der Waals surface area (Å²) in [6.45, 7) is 3.10. The van der Waals surface area contributed by atoms with Gasteiger partial charge in [-0.15, -0.1) is 0 Å². The van der Waals surface area contributed by atoms with Crippen molar-refractivity contribution in [3.63, 3.8) is 0 Å². The van der Waals surface area contributed by atoms with Crippen molar-refractivity contribution in [1.29, 1.82) is 0 Å². The zero-order valence-corrected chi connectivity index (χ0v) is 19.6. The number of amides is 1. The Balaban J connectivity index is 1.42. The molecule has 1 saturated heterocycles. The van der Waals surface area contributed by atoms with Crippen molar-refractivity contribution < 1.29 is 13.6 Å². The molecule has 34 heavy (non-hydrogen) atoms. The molecule has 0 unspecified atom stereocenters. The molecular weight excluding hydrogens is 427 g/mol. The summed E-state index contributed by atoms with van der Waals surface area (Å²) in [7, 11) is 0. The monoisotopic (exact) mass is 460 g/mol. The highest BCUT2D eigenvalue weighted by molar-refractivity contribution is 5.94. The molecule has 5 heteroatoms. The van der Waals surface area contributed by atoms with Gasteiger partial charge in [-0.2, -0.15) is 0 Å². The second kappa shape index (κ2) is 10.6. The highest BCUT2D eigenvalue weighted by Gasteiger charge is 2.38. The SMILES string of the molecule is O=C(c1ccccc1)N(C[C@H]1CN(Cc2ccco2)C[C@H]1c1cccc(F)c1)C1CCCCC1. The maximum atomic E-state index is 14.2. The Bertz CT molecular complexity index is 1060. The molecule has 1 saturated carbocycles. The number of hydrogen-bond acceptors (Lipinski definition) is 3. The van der Waals surface area contributed by atoms with Crippen LogP contribution in [0.15, 0.2) is 77.4 Å². The van der Waals surface area contributed by atoms with Gasteiger partial charge in [0.1, 0.15) is 11.6 Å². The Labute approximate surface area is 201 Å². The second-order valence-electron chi connectivity index (χ2n) is 9.81. The van der Waals surface area contributed by atoms with Gasteiger partial charge in [-0.05, 0) is 60.7 Å². The highest BCUT2D eigenvalue weighted by atomic mass is 19.1. The van der Waals surface area contributed by atoms with Gasteiger partial charge in [0, 0.05) is 37.2 Å². The minimum Gasteiger partial charge on any atom is -0.468 e. The molecule has 1 aromatic heterocycles. The number of likely N-dealkylation sites (tertiary alicyclic amines) is 1. The van der Waals surface area contributed by atoms with E-state index < -0.39 is 0 Å². The van der Waals surface area contributed by atoms with E-state index in [4.69, 9.17) is 4.42 Å². The predicted octanol–water partition coefficient (Wildman–Crippen LogP) is 6.11. The van der Waals surface area contributed by atoms with Gasteiger partial charge in [-0.3, -0.25) is 9.69 Å². The fourth-order valence-electron chi connectivity index (χ4n) is 5.80. The van der Waals surface area contributed by atoms with Crippen molar-refractivity contribution >= 4 is 5.91 Å². The fraction of sp³-hybridized carbons (Fsp3) is 0.414. The third-order valence-electron chi connectivity index (χ3n) is 7.48. The van der Waals surface area contributed by atoms with Crippen LogP contribution in [0.3, 0.4) is 0 Å². The number of rotatable bonds is 7. The lowest BCUT2D eigenvalue weighted by Crippen LogP contribution is -2.45. The molecule has 0 radical (unpaired) electrons. The summed E-state index contributed by atoms with van der Waals surface area (Å²) in [4.78, 5) is 18.2. The topological polar surface area (TPSA) is 36.7 Å². The summed E-state index contributed by atoms with van der Waals surface area (Å²) in [5.41, 5.74) is 1.77. The first kappa shape index (κ1) is 22.9. The average Bonchev–Trinajstić information content (AvgIpc) is 3.53. The van der Waals surface area contributed by atoms with Crippen molar-refractivity contribution in [1.82, 2.24) is 9.80 Å². The van der Waals surface area contributed by atoms with Crippen LogP contribution in [-0.4, -0.2) is 41.4 Å². The molecule has 1 aliphatic heterocycles. The van der Waals surface area contributed by atoms with Crippen LogP contribution in [0, 0.1) is 11.7 Å². The molecule has 0 spiro atoms. The molecule has 2 aliphatic rings. The number of nitrogens with zero attached hydrogens (tertiary/aromatic N) is 2. The molecule has 178 valence electrons. The molecule has 1 aliphatic carbocycles. The van der Waals surface area contributed by atoms with E-state index in [1.807, 2.05) is 48.5 Å². The zero-order valence-electron chi connectivity index (χ0n) is 19.6. The Hall–Kier alpha value is -2.92. The first-order valence-corrected chi connectivity index (χ1v) is 12.5. The van der Waals surface area contributed by atoms with E-state index in [0.29, 0.717) is 6.54 Å². The summed E-state index contributed by atoms with van der Waals surface area (Å²) in [6.07, 6.45) is 7.42. The summed E-state index contributed by atoms with van der Waals surface area (Å²) in [5, 5.41) is 0. The van der Waals surface area contributed by atoms with Gasteiger partial charge in [0.15, 0.2) is 0 Å². The first-order valence-electron chi connectivity index (χ1n) is 12.5. The van der Waals surface area contributed by atoms with Crippen LogP contribution >= 0.6 is 0 Å². The van der Waals surface area contributed by atoms with Gasteiger partial charge in [0.25, 0.3) is 5.91 Å². The third kappa shape index (κ3) is 5.25. The Morgan fingerprint density at radius 2 is 1.79 bits per heavy atom. The molecule has 1 amide bonds. The van der Waals surface area contributed by atoms with E-state index >= 15 is 0 Å². The second-order valence-corrected chi connectivity index (χ2v) is 9.81. The number of hydrogen-bond donors (Lipinski definition) is 0. The lowest BCUT2D eigenvalue weighted by molar-refractivity contribution is 0.0587. The van der Waals surface area contributed by atoms with Gasteiger partial charge >= 0.3 is 0 Å². The standard InChI is InChI=1S/C29H33FN2O2/c30-25-12-7-11-23(17-25)28-21-31(20-27-15-8-16-34-27)18-24(28)19-32(26-13-5-2-6-14-26)29(33)22-9-3-1-4-10-22/h1,3-4,7-12,15-17,24,26,28H,2,5-6,13-14,18-21H2/t24-,28+/m1/s1. The normalized spacial score (nSPS) is 21.6. The molecule has 2 atom stereocenters. The minimum absolute atomic E-state index is 0.120. The van der Waals surface area contributed by atoms with Gasteiger partial charge in [0.2, 0.25) is 0 Å². The molecule has 0 N–H and O–H groups in total. The van der Waals surface area contributed by atoms with Crippen LogP contribution in [0.25, 0.3) is 0 Å². The van der Waals surface area contributed by atoms with Crippen molar-refractivity contribution in [2.45, 2.75) is 50.6 Å². The average molecular weight is 461 g/mol. The molecule has 2 fully saturated rings. The van der Waals surface area contributed by atoms with E-state index in [2.05, 4.69) is 9.80 Å². The van der Waals surface area contributed by atoms with E-state index in [9.17, 15) is 9.18 Å². The zero-order chi connectivity index (χ0) is 23.3. The van der Waals surface area contributed by atoms with Crippen LogP contribution in [0.1, 0.15) is 59.7 Å². The van der Waals surface area contributed by atoms with E-state index in [1.54, 1.807) is 18.4 Å². The van der Waals surface area contributed by atoms with Crippen LogP contribution in [0.4, 0.5) is 4.39 Å². The number of carbonyl (C=O) groups excluding carboxylic acids is 1. The van der Waals surface area contributed by atoms with Crippen molar-refractivity contribution in [2.75, 3.05) is 19.6 Å². The molecule has 3 aromatic rings. The number of carbonyl (C=O) groups is 1. The van der Waals surface area contributed by atoms with Crippen LogP contribution < -0.4 is 0 Å².